The smallest absolute Gasteiger partial charge is 0.0877 e. The van der Waals surface area contributed by atoms with Gasteiger partial charge >= 0.3 is 0 Å². The maximum Gasteiger partial charge on any atom is 0.0877 e. The van der Waals surface area contributed by atoms with Crippen LogP contribution in [-0.2, 0) is 0 Å². The monoisotopic (exact) mass is 490 g/mol. The van der Waals surface area contributed by atoms with Gasteiger partial charge in [0, 0.05) is 10.8 Å². The van der Waals surface area contributed by atoms with Crippen molar-refractivity contribution in [2.24, 2.45) is 50.7 Å². The van der Waals surface area contributed by atoms with E-state index in [1.807, 2.05) is 6.92 Å². The number of fused-ring (bicyclic) bond motifs is 6. The van der Waals surface area contributed by atoms with Gasteiger partial charge < -0.3 is 25.5 Å². The van der Waals surface area contributed by atoms with E-state index >= 15 is 0 Å². The van der Waals surface area contributed by atoms with Crippen LogP contribution in [0.4, 0.5) is 0 Å². The van der Waals surface area contributed by atoms with Gasteiger partial charge in [0.25, 0.3) is 0 Å². The van der Waals surface area contributed by atoms with Crippen molar-refractivity contribution in [2.75, 3.05) is 13.2 Å². The third-order valence-electron chi connectivity index (χ3n) is 13.1. The van der Waals surface area contributed by atoms with Crippen LogP contribution in [0.3, 0.4) is 0 Å². The Hall–Kier alpha value is -0.460. The number of allylic oxidation sites excluding steroid dienone is 2. The molecule has 0 amide bonds. The van der Waals surface area contributed by atoms with Gasteiger partial charge in [-0.2, -0.15) is 0 Å². The molecule has 0 aromatic rings. The van der Waals surface area contributed by atoms with Gasteiger partial charge in [0.2, 0.25) is 0 Å². The average molecular weight is 491 g/mol. The fraction of sp³-hybridized carbons (Fsp3) is 0.933. The molecule has 0 aromatic heterocycles. The quantitative estimate of drug-likeness (QED) is 0.376. The second-order valence-corrected chi connectivity index (χ2v) is 14.8. The summed E-state index contributed by atoms with van der Waals surface area (Å²) in [5.41, 5.74) is 0.557. The summed E-state index contributed by atoms with van der Waals surface area (Å²) in [6.07, 6.45) is 9.01. The summed E-state index contributed by atoms with van der Waals surface area (Å²) >= 11 is 0. The number of rotatable bonds is 2. The molecule has 4 fully saturated rings. The molecule has 0 saturated heterocycles. The third-order valence-corrected chi connectivity index (χ3v) is 13.1. The Balaban J connectivity index is 1.52. The van der Waals surface area contributed by atoms with E-state index < -0.39 is 29.1 Å². The molecule has 0 spiro atoms. The van der Waals surface area contributed by atoms with Crippen molar-refractivity contribution in [2.45, 2.75) is 111 Å². The van der Waals surface area contributed by atoms with E-state index in [4.69, 9.17) is 0 Å². The first-order valence-electron chi connectivity index (χ1n) is 14.2. The minimum absolute atomic E-state index is 0.0470. The lowest BCUT2D eigenvalue weighted by Gasteiger charge is -2.64. The normalized spacial score (nSPS) is 58.2. The predicted molar refractivity (Wildman–Crippen MR) is 136 cm³/mol. The molecule has 0 unspecified atom stereocenters. The van der Waals surface area contributed by atoms with E-state index in [1.165, 1.54) is 0 Å². The molecule has 0 bridgehead atoms. The first-order chi connectivity index (χ1) is 16.3. The van der Waals surface area contributed by atoms with Crippen LogP contribution in [0.1, 0.15) is 92.4 Å². The van der Waals surface area contributed by atoms with Gasteiger partial charge in [0.15, 0.2) is 0 Å². The third kappa shape index (κ3) is 3.37. The molecule has 0 heterocycles. The van der Waals surface area contributed by atoms with Crippen LogP contribution in [0.5, 0.6) is 0 Å². The Bertz CT molecular complexity index is 873. The largest absolute Gasteiger partial charge is 0.396 e. The van der Waals surface area contributed by atoms with Gasteiger partial charge in [-0.15, -0.1) is 0 Å². The molecule has 12 atom stereocenters. The Morgan fingerprint density at radius 3 is 2.11 bits per heavy atom. The van der Waals surface area contributed by atoms with Crippen molar-refractivity contribution < 1.29 is 25.5 Å². The second-order valence-electron chi connectivity index (χ2n) is 14.8. The summed E-state index contributed by atoms with van der Waals surface area (Å²) in [4.78, 5) is 0. The SMILES string of the molecule is C[C@@]12CC[C@H]3[C@](C)(CC[C@@H](O)[C@]3(C)CO)[C@H]1CC[C@H]1C(=CC[C@@H]3[C@]1(C)C[C@@H](O)[C@@H](O)[C@]3(C)CO)C2. The maximum atomic E-state index is 10.9. The molecule has 5 heteroatoms. The molecule has 5 nitrogen and oxygen atoms in total. The summed E-state index contributed by atoms with van der Waals surface area (Å²) in [6.45, 7) is 11.3. The molecule has 35 heavy (non-hydrogen) atoms. The maximum absolute atomic E-state index is 10.9. The summed E-state index contributed by atoms with van der Waals surface area (Å²) < 4.78 is 0. The van der Waals surface area contributed by atoms with E-state index in [2.05, 4.69) is 33.8 Å². The highest BCUT2D eigenvalue weighted by Crippen LogP contribution is 2.70. The van der Waals surface area contributed by atoms with Gasteiger partial charge in [0.05, 0.1) is 31.5 Å². The molecule has 200 valence electrons. The Kier molecular flexibility index (Phi) is 6.18. The van der Waals surface area contributed by atoms with Crippen molar-refractivity contribution in [3.05, 3.63) is 11.6 Å². The predicted octanol–water partition coefficient (Wildman–Crippen LogP) is 4.06. The van der Waals surface area contributed by atoms with Gasteiger partial charge in [-0.05, 0) is 97.7 Å². The minimum Gasteiger partial charge on any atom is -0.396 e. The van der Waals surface area contributed by atoms with Crippen LogP contribution in [0.2, 0.25) is 0 Å². The van der Waals surface area contributed by atoms with Crippen molar-refractivity contribution >= 4 is 0 Å². The fourth-order valence-corrected chi connectivity index (χ4v) is 11.1. The molecular weight excluding hydrogens is 440 g/mol. The van der Waals surface area contributed by atoms with E-state index in [0.29, 0.717) is 24.2 Å². The van der Waals surface area contributed by atoms with E-state index in [-0.39, 0.29) is 35.4 Å². The zero-order chi connectivity index (χ0) is 25.6. The van der Waals surface area contributed by atoms with Crippen molar-refractivity contribution in [3.63, 3.8) is 0 Å². The molecule has 4 saturated carbocycles. The summed E-state index contributed by atoms with van der Waals surface area (Å²) in [5, 5.41) is 53.5. The van der Waals surface area contributed by atoms with Gasteiger partial charge in [-0.25, -0.2) is 0 Å². The standard InChI is InChI=1S/C30H50O5/c1-26-12-10-23-27(2,13-11-24(34)29(23,4)16-31)21(26)9-7-19-18(14-26)6-8-22-28(19,3)15-20(33)25(35)30(22,5)17-32/h6,19-25,31-35H,7-17H2,1-5H3/t19-,20+,21-,22+,23-,24+,25+,26-,27+,28+,29+,30+/m0/s1. The molecule has 5 N–H and O–H groups in total. The molecule has 0 radical (unpaired) electrons. The Labute approximate surface area is 212 Å². The Morgan fingerprint density at radius 1 is 0.771 bits per heavy atom. The molecule has 0 aromatic carbocycles. The lowest BCUT2D eigenvalue weighted by Crippen LogP contribution is -2.62. The molecule has 5 aliphatic carbocycles. The topological polar surface area (TPSA) is 101 Å². The summed E-state index contributed by atoms with van der Waals surface area (Å²) in [6, 6.07) is 0. The van der Waals surface area contributed by atoms with E-state index in [0.717, 1.165) is 51.4 Å². The highest BCUT2D eigenvalue weighted by atomic mass is 16.3. The van der Waals surface area contributed by atoms with Crippen LogP contribution < -0.4 is 0 Å². The number of hydrogen-bond donors (Lipinski definition) is 5. The Morgan fingerprint density at radius 2 is 1.46 bits per heavy atom. The highest BCUT2D eigenvalue weighted by Gasteiger charge is 2.65. The van der Waals surface area contributed by atoms with Crippen LogP contribution in [0.25, 0.3) is 0 Å². The average Bonchev–Trinajstić information content (AvgIpc) is 2.97. The summed E-state index contributed by atoms with van der Waals surface area (Å²) in [5.74, 6) is 1.36. The van der Waals surface area contributed by atoms with Crippen molar-refractivity contribution in [3.8, 4) is 0 Å². The number of hydrogen-bond acceptors (Lipinski definition) is 5. The van der Waals surface area contributed by atoms with Crippen LogP contribution in [0.15, 0.2) is 11.6 Å². The zero-order valence-electron chi connectivity index (χ0n) is 22.6. The fourth-order valence-electron chi connectivity index (χ4n) is 11.1. The number of aliphatic hydroxyl groups is 5. The van der Waals surface area contributed by atoms with E-state index in [9.17, 15) is 25.5 Å². The van der Waals surface area contributed by atoms with Crippen LogP contribution >= 0.6 is 0 Å². The first kappa shape index (κ1) is 26.2. The van der Waals surface area contributed by atoms with E-state index in [1.54, 1.807) is 5.57 Å². The highest BCUT2D eigenvalue weighted by molar-refractivity contribution is 5.26. The summed E-state index contributed by atoms with van der Waals surface area (Å²) in [7, 11) is 0. The lowest BCUT2D eigenvalue weighted by molar-refractivity contribution is -0.195. The minimum atomic E-state index is -0.893. The molecular formula is C30H50O5. The van der Waals surface area contributed by atoms with Gasteiger partial charge in [0.1, 0.15) is 0 Å². The van der Waals surface area contributed by atoms with Gasteiger partial charge in [-0.1, -0.05) is 46.3 Å². The van der Waals surface area contributed by atoms with Crippen LogP contribution in [-0.4, -0.2) is 57.1 Å². The lowest BCUT2D eigenvalue weighted by atomic mass is 9.42. The van der Waals surface area contributed by atoms with Crippen LogP contribution in [0, 0.1) is 50.7 Å². The zero-order valence-corrected chi connectivity index (χ0v) is 22.6. The molecule has 5 rings (SSSR count). The van der Waals surface area contributed by atoms with Gasteiger partial charge in [-0.3, -0.25) is 0 Å². The molecule has 5 aliphatic rings. The van der Waals surface area contributed by atoms with Crippen molar-refractivity contribution in [1.29, 1.82) is 0 Å². The molecule has 0 aliphatic heterocycles. The second kappa shape index (κ2) is 8.27. The number of aliphatic hydroxyl groups excluding tert-OH is 5. The first-order valence-corrected chi connectivity index (χ1v) is 14.2. The van der Waals surface area contributed by atoms with Crippen molar-refractivity contribution in [1.82, 2.24) is 0 Å².